The van der Waals surface area contributed by atoms with Gasteiger partial charge >= 0.3 is 0 Å². The summed E-state index contributed by atoms with van der Waals surface area (Å²) in [5.74, 6) is 0. The van der Waals surface area contributed by atoms with E-state index >= 15 is 0 Å². The summed E-state index contributed by atoms with van der Waals surface area (Å²) in [5.41, 5.74) is 5.79. The largest absolute Gasteiger partial charge is 0.370 e. The molecule has 2 rings (SSSR count). The van der Waals surface area contributed by atoms with E-state index < -0.39 is 18.3 Å². The van der Waals surface area contributed by atoms with Gasteiger partial charge in [0.25, 0.3) is 0 Å². The number of ether oxygens (including phenoxy) is 1. The molecule has 2 aliphatic heterocycles. The van der Waals surface area contributed by atoms with E-state index in [0.717, 1.165) is 25.9 Å². The van der Waals surface area contributed by atoms with Crippen LogP contribution in [-0.4, -0.2) is 62.2 Å². The Hall–Kier alpha value is -0.520. The Morgan fingerprint density at radius 1 is 1.44 bits per heavy atom. The Balaban J connectivity index is 1.86. The molecular weight excluding hydrogens is 209 g/mol. The topological polar surface area (TPSA) is 50.9 Å². The zero-order chi connectivity index (χ0) is 11.5. The van der Waals surface area contributed by atoms with Crippen LogP contribution in [0.1, 0.15) is 12.8 Å². The minimum atomic E-state index is -1.06. The maximum Gasteiger partial charge on any atom is 0.147 e. The van der Waals surface area contributed by atoms with Gasteiger partial charge in [-0.15, -0.1) is 0 Å². The summed E-state index contributed by atoms with van der Waals surface area (Å²) in [6.07, 6.45) is 2.12. The minimum absolute atomic E-state index is 0.150. The molecule has 5 heteroatoms. The monoisotopic (exact) mass is 229 g/mol. The Labute approximate surface area is 95.7 Å². The summed E-state index contributed by atoms with van der Waals surface area (Å²) >= 11 is 0. The van der Waals surface area contributed by atoms with Crippen molar-refractivity contribution >= 4 is 6.21 Å². The van der Waals surface area contributed by atoms with E-state index in [-0.39, 0.29) is 12.6 Å². The number of rotatable bonds is 2. The van der Waals surface area contributed by atoms with Crippen LogP contribution in [0.5, 0.6) is 0 Å². The Morgan fingerprint density at radius 3 is 2.75 bits per heavy atom. The van der Waals surface area contributed by atoms with Crippen molar-refractivity contribution in [2.75, 3.05) is 26.7 Å². The zero-order valence-corrected chi connectivity index (χ0v) is 9.68. The van der Waals surface area contributed by atoms with Gasteiger partial charge in [-0.3, -0.25) is 4.99 Å². The highest BCUT2D eigenvalue weighted by molar-refractivity contribution is 5.66. The van der Waals surface area contributed by atoms with Gasteiger partial charge in [-0.1, -0.05) is 0 Å². The third-order valence-corrected chi connectivity index (χ3v) is 3.31. The quantitative estimate of drug-likeness (QED) is 0.736. The first-order valence-electron chi connectivity index (χ1n) is 5.90. The fourth-order valence-corrected chi connectivity index (χ4v) is 2.23. The summed E-state index contributed by atoms with van der Waals surface area (Å²) in [6.45, 7) is 2.21. The average molecular weight is 229 g/mol. The highest BCUT2D eigenvalue weighted by atomic mass is 19.1. The molecule has 0 bridgehead atoms. The molecule has 2 heterocycles. The smallest absolute Gasteiger partial charge is 0.147 e. The summed E-state index contributed by atoms with van der Waals surface area (Å²) in [7, 11) is 2.09. The standard InChI is InChI=1S/C11H20FN3O/c1-15-4-2-8(3-5-15)16-11-9(12)6-14-7-10(11)13/h7-11H,2-6,13H2,1H3. The van der Waals surface area contributed by atoms with Crippen molar-refractivity contribution in [2.45, 2.75) is 37.3 Å². The highest BCUT2D eigenvalue weighted by Gasteiger charge is 2.33. The second kappa shape index (κ2) is 5.21. The molecule has 1 fully saturated rings. The van der Waals surface area contributed by atoms with Crippen molar-refractivity contribution in [1.29, 1.82) is 0 Å². The average Bonchev–Trinajstić information content (AvgIpc) is 2.26. The molecule has 0 saturated carbocycles. The van der Waals surface area contributed by atoms with E-state index in [1.54, 1.807) is 6.21 Å². The Kier molecular flexibility index (Phi) is 3.89. The molecule has 0 amide bonds. The molecule has 0 aromatic rings. The third kappa shape index (κ3) is 2.78. The lowest BCUT2D eigenvalue weighted by molar-refractivity contribution is -0.0734. The van der Waals surface area contributed by atoms with Gasteiger partial charge < -0.3 is 15.4 Å². The number of aliphatic imine (C=N–C) groups is 1. The van der Waals surface area contributed by atoms with Crippen LogP contribution in [-0.2, 0) is 4.74 Å². The Morgan fingerprint density at radius 2 is 2.12 bits per heavy atom. The molecule has 3 atom stereocenters. The fourth-order valence-electron chi connectivity index (χ4n) is 2.23. The summed E-state index contributed by atoms with van der Waals surface area (Å²) in [6, 6.07) is -0.400. The van der Waals surface area contributed by atoms with Crippen LogP contribution in [0.4, 0.5) is 4.39 Å². The fraction of sp³-hybridized carbons (Fsp3) is 0.909. The maximum atomic E-state index is 13.6. The predicted octanol–water partition coefficient (Wildman–Crippen LogP) is 0.216. The molecule has 3 unspecified atom stereocenters. The number of nitrogens with zero attached hydrogens (tertiary/aromatic N) is 2. The second-order valence-electron chi connectivity index (χ2n) is 4.71. The van der Waals surface area contributed by atoms with Crippen LogP contribution in [0.2, 0.25) is 0 Å². The van der Waals surface area contributed by atoms with Gasteiger partial charge in [-0.2, -0.15) is 0 Å². The number of halogens is 1. The number of piperidine rings is 1. The van der Waals surface area contributed by atoms with Crippen LogP contribution in [0, 0.1) is 0 Å². The predicted molar refractivity (Wildman–Crippen MR) is 61.6 cm³/mol. The lowest BCUT2D eigenvalue weighted by atomic mass is 10.0. The summed E-state index contributed by atoms with van der Waals surface area (Å²) < 4.78 is 19.4. The van der Waals surface area contributed by atoms with Crippen molar-refractivity contribution in [1.82, 2.24) is 4.90 Å². The van der Waals surface area contributed by atoms with Crippen LogP contribution >= 0.6 is 0 Å². The second-order valence-corrected chi connectivity index (χ2v) is 4.71. The van der Waals surface area contributed by atoms with Crippen molar-refractivity contribution in [3.05, 3.63) is 0 Å². The van der Waals surface area contributed by atoms with E-state index in [1.807, 2.05) is 0 Å². The van der Waals surface area contributed by atoms with Crippen molar-refractivity contribution in [3.8, 4) is 0 Å². The van der Waals surface area contributed by atoms with Gasteiger partial charge in [0.05, 0.1) is 18.7 Å². The first-order chi connectivity index (χ1) is 7.66. The van der Waals surface area contributed by atoms with E-state index in [0.29, 0.717) is 0 Å². The lowest BCUT2D eigenvalue weighted by Gasteiger charge is -2.35. The van der Waals surface area contributed by atoms with Crippen LogP contribution in [0.25, 0.3) is 0 Å². The molecule has 4 nitrogen and oxygen atoms in total. The zero-order valence-electron chi connectivity index (χ0n) is 9.68. The van der Waals surface area contributed by atoms with Gasteiger partial charge in [0.1, 0.15) is 12.3 Å². The highest BCUT2D eigenvalue weighted by Crippen LogP contribution is 2.19. The van der Waals surface area contributed by atoms with Crippen LogP contribution in [0.3, 0.4) is 0 Å². The molecule has 0 spiro atoms. The summed E-state index contributed by atoms with van der Waals surface area (Å²) in [5, 5.41) is 0. The molecule has 16 heavy (non-hydrogen) atoms. The first-order valence-corrected chi connectivity index (χ1v) is 5.90. The third-order valence-electron chi connectivity index (χ3n) is 3.31. The number of alkyl halides is 1. The first kappa shape index (κ1) is 12.0. The van der Waals surface area contributed by atoms with Crippen LogP contribution < -0.4 is 5.73 Å². The van der Waals surface area contributed by atoms with Crippen LogP contribution in [0.15, 0.2) is 4.99 Å². The molecule has 0 radical (unpaired) electrons. The van der Waals surface area contributed by atoms with Crippen molar-refractivity contribution < 1.29 is 9.13 Å². The molecular formula is C11H20FN3O. The van der Waals surface area contributed by atoms with Gasteiger partial charge in [0, 0.05) is 19.3 Å². The molecule has 0 aromatic carbocycles. The molecule has 0 aromatic heterocycles. The van der Waals surface area contributed by atoms with E-state index in [1.165, 1.54) is 0 Å². The maximum absolute atomic E-state index is 13.6. The van der Waals surface area contributed by atoms with E-state index in [2.05, 4.69) is 16.9 Å². The van der Waals surface area contributed by atoms with E-state index in [4.69, 9.17) is 10.5 Å². The molecule has 1 saturated heterocycles. The molecule has 2 N–H and O–H groups in total. The lowest BCUT2D eigenvalue weighted by Crippen LogP contribution is -2.50. The minimum Gasteiger partial charge on any atom is -0.370 e. The van der Waals surface area contributed by atoms with Crippen molar-refractivity contribution in [2.24, 2.45) is 10.7 Å². The molecule has 92 valence electrons. The van der Waals surface area contributed by atoms with E-state index in [9.17, 15) is 4.39 Å². The van der Waals surface area contributed by atoms with Gasteiger partial charge in [0.2, 0.25) is 0 Å². The normalized spacial score (nSPS) is 37.8. The summed E-state index contributed by atoms with van der Waals surface area (Å²) in [4.78, 5) is 6.14. The van der Waals surface area contributed by atoms with Crippen molar-refractivity contribution in [3.63, 3.8) is 0 Å². The number of likely N-dealkylation sites (tertiary alicyclic amines) is 1. The van der Waals surface area contributed by atoms with Gasteiger partial charge in [-0.25, -0.2) is 4.39 Å². The molecule has 2 aliphatic rings. The number of nitrogens with two attached hydrogens (primary N) is 1. The number of hydrogen-bond donors (Lipinski definition) is 1. The number of hydrogen-bond acceptors (Lipinski definition) is 4. The van der Waals surface area contributed by atoms with Gasteiger partial charge in [0.15, 0.2) is 0 Å². The van der Waals surface area contributed by atoms with Gasteiger partial charge in [-0.05, 0) is 19.9 Å². The Bertz CT molecular complexity index is 254. The SMILES string of the molecule is CN1CCC(OC2C(N)C=NCC2F)CC1. The molecule has 0 aliphatic carbocycles.